The van der Waals surface area contributed by atoms with Crippen molar-refractivity contribution in [1.82, 2.24) is 19.8 Å². The molecule has 0 bridgehead atoms. The summed E-state index contributed by atoms with van der Waals surface area (Å²) in [4.78, 5) is 25.0. The van der Waals surface area contributed by atoms with Gasteiger partial charge in [-0.15, -0.1) is 0 Å². The van der Waals surface area contributed by atoms with Crippen LogP contribution in [-0.2, 0) is 6.54 Å². The van der Waals surface area contributed by atoms with E-state index in [1.807, 2.05) is 11.8 Å². The van der Waals surface area contributed by atoms with Crippen molar-refractivity contribution in [3.8, 4) is 5.75 Å². The molecule has 2 aromatic rings. The predicted molar refractivity (Wildman–Crippen MR) is 90.7 cm³/mol. The minimum atomic E-state index is 0.0516. The molecule has 0 aromatic carbocycles. The van der Waals surface area contributed by atoms with E-state index in [1.54, 1.807) is 36.7 Å². The fourth-order valence-electron chi connectivity index (χ4n) is 2.94. The van der Waals surface area contributed by atoms with Crippen molar-refractivity contribution >= 4 is 5.91 Å². The van der Waals surface area contributed by atoms with Crippen LogP contribution in [-0.4, -0.2) is 57.0 Å². The zero-order valence-corrected chi connectivity index (χ0v) is 13.9. The maximum atomic E-state index is 12.5. The molecule has 6 nitrogen and oxygen atoms in total. The van der Waals surface area contributed by atoms with Gasteiger partial charge in [0.15, 0.2) is 0 Å². The molecule has 0 unspecified atom stereocenters. The van der Waals surface area contributed by atoms with Gasteiger partial charge in [0.25, 0.3) is 5.91 Å². The normalized spacial score (nSPS) is 16.0. The van der Waals surface area contributed by atoms with Crippen LogP contribution in [0.4, 0.5) is 0 Å². The van der Waals surface area contributed by atoms with Crippen LogP contribution >= 0.6 is 0 Å². The van der Waals surface area contributed by atoms with Crippen molar-refractivity contribution in [2.75, 3.05) is 26.2 Å². The average molecular weight is 326 g/mol. The number of aromatic nitrogens is 2. The molecule has 2 aromatic heterocycles. The summed E-state index contributed by atoms with van der Waals surface area (Å²) in [5, 5.41) is 9.97. The van der Waals surface area contributed by atoms with Crippen molar-refractivity contribution in [3.05, 3.63) is 53.6 Å². The number of amides is 1. The van der Waals surface area contributed by atoms with Gasteiger partial charge >= 0.3 is 0 Å². The Hall–Kier alpha value is -2.47. The van der Waals surface area contributed by atoms with Crippen molar-refractivity contribution in [2.45, 2.75) is 19.9 Å². The predicted octanol–water partition coefficient (Wildman–Crippen LogP) is 1.84. The van der Waals surface area contributed by atoms with Gasteiger partial charge in [0.1, 0.15) is 5.75 Å². The van der Waals surface area contributed by atoms with Gasteiger partial charge in [0, 0.05) is 56.4 Å². The van der Waals surface area contributed by atoms with E-state index in [0.29, 0.717) is 24.3 Å². The number of aromatic hydroxyl groups is 1. The Bertz CT molecular complexity index is 705. The fourth-order valence-corrected chi connectivity index (χ4v) is 2.94. The van der Waals surface area contributed by atoms with Gasteiger partial charge in [-0.25, -0.2) is 0 Å². The third kappa shape index (κ3) is 3.89. The molecule has 24 heavy (non-hydrogen) atoms. The number of nitrogens with zero attached hydrogens (tertiary/aromatic N) is 4. The third-order valence-electron chi connectivity index (χ3n) is 4.27. The van der Waals surface area contributed by atoms with Crippen LogP contribution in [0.2, 0.25) is 0 Å². The Morgan fingerprint density at radius 2 is 1.92 bits per heavy atom. The topological polar surface area (TPSA) is 69.6 Å². The van der Waals surface area contributed by atoms with E-state index in [9.17, 15) is 9.90 Å². The highest BCUT2D eigenvalue weighted by Crippen LogP contribution is 2.18. The summed E-state index contributed by atoms with van der Waals surface area (Å²) in [6, 6.07) is 6.99. The largest absolute Gasteiger partial charge is 0.506 e. The Morgan fingerprint density at radius 3 is 2.71 bits per heavy atom. The molecule has 3 heterocycles. The summed E-state index contributed by atoms with van der Waals surface area (Å²) in [7, 11) is 0. The van der Waals surface area contributed by atoms with Crippen LogP contribution in [0.3, 0.4) is 0 Å². The zero-order valence-electron chi connectivity index (χ0n) is 13.9. The van der Waals surface area contributed by atoms with Crippen LogP contribution < -0.4 is 0 Å². The number of carbonyl (C=O) groups excluding carboxylic acids is 1. The van der Waals surface area contributed by atoms with Crippen molar-refractivity contribution in [3.63, 3.8) is 0 Å². The smallest absolute Gasteiger partial charge is 0.254 e. The summed E-state index contributed by atoms with van der Waals surface area (Å²) in [5.74, 6) is 0.283. The fraction of sp³-hybridized carbons (Fsp3) is 0.389. The number of carbonyl (C=O) groups is 1. The Kier molecular flexibility index (Phi) is 5.05. The van der Waals surface area contributed by atoms with Gasteiger partial charge in [-0.1, -0.05) is 0 Å². The molecule has 1 aliphatic heterocycles. The highest BCUT2D eigenvalue weighted by molar-refractivity contribution is 5.94. The van der Waals surface area contributed by atoms with Gasteiger partial charge in [0.05, 0.1) is 5.69 Å². The molecule has 1 amide bonds. The summed E-state index contributed by atoms with van der Waals surface area (Å²) >= 11 is 0. The molecule has 0 saturated carbocycles. The van der Waals surface area contributed by atoms with Gasteiger partial charge < -0.3 is 10.0 Å². The summed E-state index contributed by atoms with van der Waals surface area (Å²) in [6.45, 7) is 5.59. The first-order chi connectivity index (χ1) is 11.6. The summed E-state index contributed by atoms with van der Waals surface area (Å²) in [5.41, 5.74) is 2.27. The van der Waals surface area contributed by atoms with E-state index >= 15 is 0 Å². The second kappa shape index (κ2) is 7.40. The number of pyridine rings is 2. The molecule has 1 saturated heterocycles. The van der Waals surface area contributed by atoms with E-state index in [4.69, 9.17) is 0 Å². The van der Waals surface area contributed by atoms with E-state index in [1.165, 1.54) is 0 Å². The van der Waals surface area contributed by atoms with Gasteiger partial charge in [0.2, 0.25) is 0 Å². The molecule has 6 heteroatoms. The minimum Gasteiger partial charge on any atom is -0.506 e. The number of hydrogen-bond acceptors (Lipinski definition) is 5. The molecule has 3 rings (SSSR count). The molecule has 0 radical (unpaired) electrons. The Balaban J connectivity index is 1.63. The zero-order chi connectivity index (χ0) is 16.9. The van der Waals surface area contributed by atoms with Crippen LogP contribution in [0.15, 0.2) is 36.7 Å². The molecule has 1 fully saturated rings. The van der Waals surface area contributed by atoms with Crippen LogP contribution in [0, 0.1) is 6.92 Å². The third-order valence-corrected chi connectivity index (χ3v) is 4.27. The van der Waals surface area contributed by atoms with Gasteiger partial charge in [-0.3, -0.25) is 19.7 Å². The lowest BCUT2D eigenvalue weighted by atomic mass is 10.2. The highest BCUT2D eigenvalue weighted by Gasteiger charge is 2.21. The number of aryl methyl sites for hydroxylation is 1. The van der Waals surface area contributed by atoms with Gasteiger partial charge in [-0.2, -0.15) is 0 Å². The highest BCUT2D eigenvalue weighted by atomic mass is 16.3. The second-order valence-corrected chi connectivity index (χ2v) is 6.08. The first-order valence-electron chi connectivity index (χ1n) is 8.20. The maximum absolute atomic E-state index is 12.5. The maximum Gasteiger partial charge on any atom is 0.254 e. The first kappa shape index (κ1) is 16.4. The lowest BCUT2D eigenvalue weighted by Crippen LogP contribution is -2.35. The summed E-state index contributed by atoms with van der Waals surface area (Å²) < 4.78 is 0. The van der Waals surface area contributed by atoms with Crippen molar-refractivity contribution in [2.24, 2.45) is 0 Å². The SMILES string of the molecule is Cc1ccc(O)c(CN2CCCN(C(=O)c3ccncc3)CC2)n1. The molecule has 0 atom stereocenters. The first-order valence-corrected chi connectivity index (χ1v) is 8.20. The van der Waals surface area contributed by atoms with E-state index in [0.717, 1.165) is 31.7 Å². The second-order valence-electron chi connectivity index (χ2n) is 6.08. The summed E-state index contributed by atoms with van der Waals surface area (Å²) in [6.07, 6.45) is 4.19. The molecule has 1 N–H and O–H groups in total. The molecule has 1 aliphatic rings. The molecule has 0 spiro atoms. The minimum absolute atomic E-state index is 0.0516. The average Bonchev–Trinajstić information content (AvgIpc) is 2.84. The van der Waals surface area contributed by atoms with E-state index in [-0.39, 0.29) is 11.7 Å². The van der Waals surface area contributed by atoms with Crippen LogP contribution in [0.25, 0.3) is 0 Å². The standard InChI is InChI=1S/C18H22N4O2/c1-14-3-4-17(23)16(20-14)13-21-9-2-10-22(12-11-21)18(24)15-5-7-19-8-6-15/h3-8,23H,2,9-13H2,1H3. The molecule has 0 aliphatic carbocycles. The van der Waals surface area contributed by atoms with E-state index in [2.05, 4.69) is 14.9 Å². The quantitative estimate of drug-likeness (QED) is 0.932. The lowest BCUT2D eigenvalue weighted by molar-refractivity contribution is 0.0761. The van der Waals surface area contributed by atoms with Crippen molar-refractivity contribution < 1.29 is 9.90 Å². The van der Waals surface area contributed by atoms with E-state index < -0.39 is 0 Å². The molecular weight excluding hydrogens is 304 g/mol. The monoisotopic (exact) mass is 326 g/mol. The van der Waals surface area contributed by atoms with Crippen molar-refractivity contribution in [1.29, 1.82) is 0 Å². The molecular formula is C18H22N4O2. The lowest BCUT2D eigenvalue weighted by Gasteiger charge is -2.22. The number of hydrogen-bond donors (Lipinski definition) is 1. The Labute approximate surface area is 141 Å². The Morgan fingerprint density at radius 1 is 1.12 bits per heavy atom. The molecule has 126 valence electrons. The van der Waals surface area contributed by atoms with Crippen LogP contribution in [0.1, 0.15) is 28.2 Å². The number of rotatable bonds is 3. The van der Waals surface area contributed by atoms with Crippen LogP contribution in [0.5, 0.6) is 5.75 Å². The van der Waals surface area contributed by atoms with Gasteiger partial charge in [-0.05, 0) is 37.6 Å².